The zero-order valence-electron chi connectivity index (χ0n) is 59.2. The first-order chi connectivity index (χ1) is 50.9. The average Bonchev–Trinajstić information content (AvgIpc) is 1.72. The standard InChI is InChI=1S/C65H97N21O21/c1-4-33(2)51(84-49(91)26-72-59(101)47-14-9-19-85(47)63(105)43(23-37-25-70-32-74-37)80-55(97)41(22-36-24-69-31-73-36)78-57(99)45(29-89)82-58(100)44(28-88)81-53(95)38(66)27-87)61(103)75-34(3)52(94)76-39(16-17-50(92)93)54(96)79-42(21-35-11-6-5-7-12-35)62(104)86-20-10-15-48(86)60(102)83-46(30-90)56(98)77-40(64(106)107)13-8-18-71-65(67)68/h5-7,11-12,24-25,31-34,38-48,51,87-90H,4,8-10,13-23,26-30,66H2,1-3H3,(H,69,73)(H,70,74)(H,72,101)(H,75,103)(H,76,94)(H,77,98)(H,78,99)(H,79,96)(H,80,97)(H,81,95)(H,82,100)(H,83,102)(H,84,91)(H,92,93)(H,106,107)(H4,67,68,71)/t33-,34-,38-,39-,40-,41-,42-,43-,44-,45-,46-,47-,48-,51-/m0/s1. The van der Waals surface area contributed by atoms with E-state index in [9.17, 15) is 103 Å². The Balaban J connectivity index is 1.24. The van der Waals surface area contributed by atoms with Crippen LogP contribution in [0.3, 0.4) is 0 Å². The van der Waals surface area contributed by atoms with Crippen LogP contribution in [0.25, 0.3) is 0 Å². The molecule has 42 heteroatoms. The average molecular weight is 1510 g/mol. The van der Waals surface area contributed by atoms with E-state index in [1.54, 1.807) is 44.2 Å². The Morgan fingerprint density at radius 2 is 1.03 bits per heavy atom. The molecule has 0 bridgehead atoms. The molecule has 0 aliphatic carbocycles. The topological polar surface area (TPSA) is 664 Å². The molecule has 13 amide bonds. The van der Waals surface area contributed by atoms with Crippen molar-refractivity contribution in [2.24, 2.45) is 28.1 Å². The third-order valence-electron chi connectivity index (χ3n) is 17.6. The van der Waals surface area contributed by atoms with Gasteiger partial charge in [-0.25, -0.2) is 14.8 Å². The lowest BCUT2D eigenvalue weighted by Crippen LogP contribution is -2.61. The summed E-state index contributed by atoms with van der Waals surface area (Å²) < 4.78 is 0. The summed E-state index contributed by atoms with van der Waals surface area (Å²) in [5, 5.41) is 85.4. The molecule has 3 aromatic rings. The van der Waals surface area contributed by atoms with E-state index in [4.69, 9.17) is 17.2 Å². The zero-order valence-corrected chi connectivity index (χ0v) is 59.2. The summed E-state index contributed by atoms with van der Waals surface area (Å²) in [6.07, 6.45) is 4.28. The normalized spacial score (nSPS) is 17.3. The van der Waals surface area contributed by atoms with E-state index >= 15 is 0 Å². The number of aromatic amines is 2. The maximum Gasteiger partial charge on any atom is 0.326 e. The van der Waals surface area contributed by atoms with Gasteiger partial charge in [-0.05, 0) is 63.4 Å². The first-order valence-corrected chi connectivity index (χ1v) is 34.5. The number of aliphatic hydroxyl groups is 4. The van der Waals surface area contributed by atoms with Crippen LogP contribution in [-0.2, 0) is 91.2 Å². The summed E-state index contributed by atoms with van der Waals surface area (Å²) >= 11 is 0. The first-order valence-electron chi connectivity index (χ1n) is 34.5. The molecule has 2 aliphatic rings. The summed E-state index contributed by atoms with van der Waals surface area (Å²) in [6, 6.07) is -11.4. The number of hydrogen-bond acceptors (Lipinski definition) is 23. The number of nitrogens with zero attached hydrogens (tertiary/aromatic N) is 5. The number of guanidine groups is 1. The van der Waals surface area contributed by atoms with Crippen LogP contribution in [0.15, 0.2) is 60.4 Å². The molecule has 588 valence electrons. The number of rotatable bonds is 44. The van der Waals surface area contributed by atoms with E-state index in [1.807, 2.05) is 0 Å². The van der Waals surface area contributed by atoms with Crippen LogP contribution in [0.1, 0.15) is 95.5 Å². The van der Waals surface area contributed by atoms with Crippen LogP contribution in [0.4, 0.5) is 0 Å². The van der Waals surface area contributed by atoms with Crippen molar-refractivity contribution in [1.82, 2.24) is 88.2 Å². The number of H-pyrrole nitrogens is 2. The molecule has 0 radical (unpaired) electrons. The Labute approximate surface area is 612 Å². The number of hydrogen-bond donors (Lipinski definition) is 22. The van der Waals surface area contributed by atoms with Crippen molar-refractivity contribution in [3.63, 3.8) is 0 Å². The summed E-state index contributed by atoms with van der Waals surface area (Å²) in [4.78, 5) is 223. The molecule has 0 spiro atoms. The number of carbonyl (C=O) groups excluding carboxylic acids is 13. The van der Waals surface area contributed by atoms with Crippen LogP contribution in [0, 0.1) is 5.92 Å². The fourth-order valence-electron chi connectivity index (χ4n) is 11.4. The van der Waals surface area contributed by atoms with E-state index in [1.165, 1.54) is 36.9 Å². The van der Waals surface area contributed by atoms with Gasteiger partial charge in [0.2, 0.25) is 76.8 Å². The Kier molecular flexibility index (Phi) is 34.9. The monoisotopic (exact) mass is 1510 g/mol. The van der Waals surface area contributed by atoms with Gasteiger partial charge in [-0.3, -0.25) is 72.1 Å². The first kappa shape index (κ1) is 86.4. The van der Waals surface area contributed by atoms with Crippen molar-refractivity contribution >= 4 is 94.7 Å². The largest absolute Gasteiger partial charge is 0.481 e. The fraction of sp³-hybridized carbons (Fsp3) is 0.569. The number of aliphatic imine (C=N–C) groups is 1. The minimum Gasteiger partial charge on any atom is -0.481 e. The highest BCUT2D eigenvalue weighted by Crippen LogP contribution is 2.23. The van der Waals surface area contributed by atoms with Gasteiger partial charge in [0, 0.05) is 69.1 Å². The van der Waals surface area contributed by atoms with Gasteiger partial charge in [-0.1, -0.05) is 50.6 Å². The van der Waals surface area contributed by atoms with Crippen molar-refractivity contribution < 1.29 is 103 Å². The van der Waals surface area contributed by atoms with Gasteiger partial charge in [-0.2, -0.15) is 0 Å². The van der Waals surface area contributed by atoms with Gasteiger partial charge in [0.05, 0.1) is 45.6 Å². The van der Waals surface area contributed by atoms with Gasteiger partial charge >= 0.3 is 11.9 Å². The van der Waals surface area contributed by atoms with Gasteiger partial charge < -0.3 is 126 Å². The number of aliphatic carboxylic acids is 2. The Bertz CT molecular complexity index is 3570. The maximum absolute atomic E-state index is 14.6. The number of nitrogens with one attached hydrogen (secondary N) is 13. The lowest BCUT2D eigenvalue weighted by molar-refractivity contribution is -0.144. The molecule has 2 fully saturated rings. The van der Waals surface area contributed by atoms with Gasteiger partial charge in [0.15, 0.2) is 5.96 Å². The lowest BCUT2D eigenvalue weighted by atomic mass is 9.98. The van der Waals surface area contributed by atoms with Gasteiger partial charge in [0.25, 0.3) is 0 Å². The highest BCUT2D eigenvalue weighted by atomic mass is 16.4. The van der Waals surface area contributed by atoms with Crippen molar-refractivity contribution in [3.05, 3.63) is 72.3 Å². The van der Waals surface area contributed by atoms with E-state index in [2.05, 4.69) is 83.4 Å². The van der Waals surface area contributed by atoms with E-state index in [0.717, 1.165) is 4.90 Å². The summed E-state index contributed by atoms with van der Waals surface area (Å²) in [5.74, 6) is -16.2. The number of carbonyl (C=O) groups is 15. The molecule has 25 N–H and O–H groups in total. The molecular weight excluding hydrogens is 1410 g/mol. The second-order valence-electron chi connectivity index (χ2n) is 25.6. The summed E-state index contributed by atoms with van der Waals surface area (Å²) in [7, 11) is 0. The van der Waals surface area contributed by atoms with E-state index in [0.29, 0.717) is 17.0 Å². The number of likely N-dealkylation sites (tertiary alicyclic amines) is 2. The molecule has 2 aliphatic heterocycles. The number of imidazole rings is 2. The highest BCUT2D eigenvalue weighted by molar-refractivity contribution is 6.00. The van der Waals surface area contributed by atoms with Crippen LogP contribution in [0.5, 0.6) is 0 Å². The molecule has 5 rings (SSSR count). The molecule has 14 atom stereocenters. The van der Waals surface area contributed by atoms with Crippen LogP contribution < -0.4 is 75.7 Å². The van der Waals surface area contributed by atoms with Gasteiger partial charge in [0.1, 0.15) is 78.5 Å². The lowest BCUT2D eigenvalue weighted by Gasteiger charge is -2.31. The number of amides is 13. The van der Waals surface area contributed by atoms with E-state index in [-0.39, 0.29) is 89.8 Å². The Hall–Kier alpha value is -11.2. The van der Waals surface area contributed by atoms with E-state index < -0.39 is 219 Å². The van der Waals surface area contributed by atoms with Crippen molar-refractivity contribution in [1.29, 1.82) is 0 Å². The maximum atomic E-state index is 14.6. The second-order valence-corrected chi connectivity index (χ2v) is 25.6. The molecule has 2 saturated heterocycles. The predicted molar refractivity (Wildman–Crippen MR) is 372 cm³/mol. The van der Waals surface area contributed by atoms with Crippen LogP contribution in [0.2, 0.25) is 0 Å². The zero-order chi connectivity index (χ0) is 79.0. The summed E-state index contributed by atoms with van der Waals surface area (Å²) in [6.45, 7) is -0.0374. The summed E-state index contributed by atoms with van der Waals surface area (Å²) in [5.41, 5.74) is 17.3. The quantitative estimate of drug-likeness (QED) is 0.0142. The predicted octanol–water partition coefficient (Wildman–Crippen LogP) is -9.53. The smallest absolute Gasteiger partial charge is 0.326 e. The third kappa shape index (κ3) is 27.0. The highest BCUT2D eigenvalue weighted by Gasteiger charge is 2.43. The van der Waals surface area contributed by atoms with Crippen LogP contribution in [-0.4, -0.2) is 286 Å². The van der Waals surface area contributed by atoms with Gasteiger partial charge in [-0.15, -0.1) is 0 Å². The van der Waals surface area contributed by atoms with Crippen molar-refractivity contribution in [2.75, 3.05) is 52.6 Å². The molecule has 0 saturated carbocycles. The van der Waals surface area contributed by atoms with Crippen molar-refractivity contribution in [2.45, 2.75) is 176 Å². The molecule has 107 heavy (non-hydrogen) atoms. The molecule has 4 heterocycles. The Morgan fingerprint density at radius 1 is 0.551 bits per heavy atom. The number of aliphatic hydroxyl groups excluding tert-OH is 4. The minimum absolute atomic E-state index is 0.0129. The minimum atomic E-state index is -1.79. The molecule has 0 unspecified atom stereocenters. The fourth-order valence-corrected chi connectivity index (χ4v) is 11.4. The Morgan fingerprint density at radius 3 is 1.53 bits per heavy atom. The molecule has 42 nitrogen and oxygen atoms in total. The molecule has 2 aromatic heterocycles. The van der Waals surface area contributed by atoms with Crippen molar-refractivity contribution in [3.8, 4) is 0 Å². The molecule has 1 aromatic carbocycles. The number of benzene rings is 1. The molecular formula is C65H97N21O21. The third-order valence-corrected chi connectivity index (χ3v) is 17.6. The van der Waals surface area contributed by atoms with Crippen LogP contribution >= 0.6 is 0 Å². The number of aromatic nitrogens is 4. The second kappa shape index (κ2) is 43.3. The SMILES string of the molecule is CC[C@H](C)[C@H](NC(=O)CNC(=O)[C@@H]1CCCN1C(=O)[C@H](Cc1cnc[nH]1)NC(=O)[C@H](Cc1cnc[nH]1)NC(=O)[C@H](CO)NC(=O)[C@H](CO)NC(=O)[C@@H](N)CO)C(=O)N[C@@H](C)C(=O)N[C@@H](CCC(=O)O)C(=O)N[C@@H](Cc1ccccc1)C(=O)N1CCC[C@H]1C(=O)N[C@@H](CO)C(=O)N[C@@H](CCCN=C(N)N)C(=O)O. The number of carboxylic acid groups (broad SMARTS) is 2. The number of nitrogens with two attached hydrogens (primary N) is 3. The number of carboxylic acids is 2.